The van der Waals surface area contributed by atoms with Crippen molar-refractivity contribution in [1.82, 2.24) is 14.9 Å². The Labute approximate surface area is 205 Å². The van der Waals surface area contributed by atoms with Crippen molar-refractivity contribution in [2.45, 2.75) is 19.5 Å². The minimum atomic E-state index is -1.05. The topological polar surface area (TPSA) is 163 Å². The number of hydrogen-bond donors (Lipinski definition) is 3. The average molecular weight is 487 g/mol. The van der Waals surface area contributed by atoms with Gasteiger partial charge >= 0.3 is 12.1 Å². The molecule has 11 heteroatoms. The van der Waals surface area contributed by atoms with Gasteiger partial charge in [0.05, 0.1) is 41.6 Å². The van der Waals surface area contributed by atoms with Crippen LogP contribution in [0.1, 0.15) is 27.3 Å². The van der Waals surface area contributed by atoms with Crippen LogP contribution in [0.4, 0.5) is 10.5 Å². The molecular formula is C25H21N5O6. The molecule has 0 radical (unpaired) electrons. The number of nitrogens with one attached hydrogen (secondary N) is 2. The number of fused-ring (bicyclic) bond motifs is 1. The lowest BCUT2D eigenvalue weighted by Crippen LogP contribution is -2.32. The molecule has 2 amide bonds. The monoisotopic (exact) mass is 487 g/mol. The number of aromatic nitrogens is 2. The summed E-state index contributed by atoms with van der Waals surface area (Å²) in [5.74, 6) is -1.45. The van der Waals surface area contributed by atoms with E-state index in [0.717, 1.165) is 0 Å². The number of anilines is 1. The van der Waals surface area contributed by atoms with Crippen LogP contribution >= 0.6 is 0 Å². The fourth-order valence-electron chi connectivity index (χ4n) is 3.97. The molecule has 0 saturated heterocycles. The first-order valence-corrected chi connectivity index (χ1v) is 10.9. The molecule has 1 atom stereocenters. The maximum Gasteiger partial charge on any atom is 0.411 e. The normalized spacial score (nSPS) is 13.8. The summed E-state index contributed by atoms with van der Waals surface area (Å²) >= 11 is 0. The van der Waals surface area contributed by atoms with Crippen molar-refractivity contribution in [2.24, 2.45) is 5.92 Å². The number of carbonyl (C=O) groups excluding carboxylic acids is 2. The van der Waals surface area contributed by atoms with Crippen LogP contribution in [0, 0.1) is 17.2 Å². The van der Waals surface area contributed by atoms with E-state index in [1.54, 1.807) is 24.3 Å². The summed E-state index contributed by atoms with van der Waals surface area (Å²) in [6, 6.07) is 14.1. The number of carboxylic acid groups (broad SMARTS) is 1. The third-order valence-electron chi connectivity index (χ3n) is 5.78. The van der Waals surface area contributed by atoms with Crippen LogP contribution in [0.5, 0.6) is 0 Å². The van der Waals surface area contributed by atoms with Crippen molar-refractivity contribution >= 4 is 23.7 Å². The highest BCUT2D eigenvalue weighted by Gasteiger charge is 2.30. The second kappa shape index (κ2) is 10.1. The number of nitrogens with zero attached hydrogens (tertiary/aromatic N) is 3. The first-order chi connectivity index (χ1) is 17.3. The molecule has 0 fully saturated rings. The molecule has 36 heavy (non-hydrogen) atoms. The quantitative estimate of drug-likeness (QED) is 0.476. The third kappa shape index (κ3) is 5.07. The number of benzene rings is 2. The van der Waals surface area contributed by atoms with Gasteiger partial charge in [0.25, 0.3) is 5.56 Å². The molecule has 1 aliphatic rings. The lowest BCUT2D eigenvalue weighted by molar-refractivity contribution is -0.125. The van der Waals surface area contributed by atoms with E-state index in [1.807, 2.05) is 6.07 Å². The summed E-state index contributed by atoms with van der Waals surface area (Å²) in [5, 5.41) is 23.6. The highest BCUT2D eigenvalue weighted by atomic mass is 16.5. The minimum absolute atomic E-state index is 0.127. The van der Waals surface area contributed by atoms with Crippen LogP contribution in [0.25, 0.3) is 11.3 Å². The molecule has 0 aliphatic carbocycles. The Hall–Kier alpha value is -4.98. The largest absolute Gasteiger partial charge is 0.478 e. The minimum Gasteiger partial charge on any atom is -0.478 e. The molecule has 182 valence electrons. The van der Waals surface area contributed by atoms with Gasteiger partial charge in [-0.05, 0) is 35.9 Å². The van der Waals surface area contributed by atoms with Gasteiger partial charge in [-0.25, -0.2) is 14.6 Å². The Balaban J connectivity index is 1.53. The first-order valence-electron chi connectivity index (χ1n) is 10.9. The highest BCUT2D eigenvalue weighted by molar-refractivity contribution is 5.91. The zero-order valence-electron chi connectivity index (χ0n) is 19.1. The van der Waals surface area contributed by atoms with E-state index in [9.17, 15) is 24.4 Å². The second-order valence-electron chi connectivity index (χ2n) is 8.12. The van der Waals surface area contributed by atoms with Gasteiger partial charge in [-0.15, -0.1) is 0 Å². The van der Waals surface area contributed by atoms with Crippen LogP contribution in [0.2, 0.25) is 0 Å². The standard InChI is InChI=1S/C25H21N5O6/c1-36-25(35)29-19-8-14(11-26)5-6-18(19)20-10-22(31)30-13-17(9-21(30)28-20)23(32)27-12-15-3-2-4-16(7-15)24(33)34/h2-8,10,17H,9,12-13H2,1H3,(H,27,32)(H,29,35)(H,33,34). The van der Waals surface area contributed by atoms with Crippen molar-refractivity contribution in [3.8, 4) is 17.3 Å². The molecule has 0 saturated carbocycles. The Morgan fingerprint density at radius 1 is 1.22 bits per heavy atom. The molecule has 0 spiro atoms. The van der Waals surface area contributed by atoms with Crippen molar-refractivity contribution in [2.75, 3.05) is 12.4 Å². The Bertz CT molecular complexity index is 1470. The van der Waals surface area contributed by atoms with Crippen molar-refractivity contribution < 1.29 is 24.2 Å². The number of methoxy groups -OCH3 is 1. The van der Waals surface area contributed by atoms with E-state index < -0.39 is 18.0 Å². The van der Waals surface area contributed by atoms with E-state index in [-0.39, 0.29) is 47.9 Å². The van der Waals surface area contributed by atoms with Gasteiger partial charge in [-0.2, -0.15) is 5.26 Å². The fraction of sp³-hybridized carbons (Fsp3) is 0.200. The maximum atomic E-state index is 12.8. The number of hydrogen-bond acceptors (Lipinski definition) is 7. The fourth-order valence-corrected chi connectivity index (χ4v) is 3.97. The second-order valence-corrected chi connectivity index (χ2v) is 8.12. The maximum absolute atomic E-state index is 12.8. The molecule has 11 nitrogen and oxygen atoms in total. The number of aromatic carboxylic acids is 1. The molecule has 0 bridgehead atoms. The van der Waals surface area contributed by atoms with E-state index in [2.05, 4.69) is 20.4 Å². The van der Waals surface area contributed by atoms with E-state index >= 15 is 0 Å². The lowest BCUT2D eigenvalue weighted by Gasteiger charge is -2.11. The Kier molecular flexibility index (Phi) is 6.78. The molecule has 1 unspecified atom stereocenters. The van der Waals surface area contributed by atoms with Gasteiger partial charge in [0, 0.05) is 31.1 Å². The summed E-state index contributed by atoms with van der Waals surface area (Å²) in [4.78, 5) is 53.1. The Morgan fingerprint density at radius 2 is 2.03 bits per heavy atom. The first kappa shape index (κ1) is 24.2. The van der Waals surface area contributed by atoms with Crippen molar-refractivity contribution in [3.63, 3.8) is 0 Å². The summed E-state index contributed by atoms with van der Waals surface area (Å²) in [6.45, 7) is 0.303. The van der Waals surface area contributed by atoms with Gasteiger partial charge in [0.1, 0.15) is 5.82 Å². The lowest BCUT2D eigenvalue weighted by atomic mass is 10.1. The van der Waals surface area contributed by atoms with Crippen LogP contribution in [-0.4, -0.2) is 39.7 Å². The molecule has 3 aromatic rings. The van der Waals surface area contributed by atoms with Gasteiger partial charge in [0.15, 0.2) is 0 Å². The molecule has 1 aromatic heterocycles. The van der Waals surface area contributed by atoms with Crippen LogP contribution in [0.15, 0.2) is 53.3 Å². The number of rotatable bonds is 6. The van der Waals surface area contributed by atoms with Crippen LogP contribution in [-0.2, 0) is 29.0 Å². The number of nitriles is 1. The van der Waals surface area contributed by atoms with Crippen molar-refractivity contribution in [3.05, 3.63) is 81.4 Å². The molecule has 4 rings (SSSR count). The predicted octanol–water partition coefficient (Wildman–Crippen LogP) is 2.15. The van der Waals surface area contributed by atoms with Crippen molar-refractivity contribution in [1.29, 1.82) is 5.26 Å². The summed E-state index contributed by atoms with van der Waals surface area (Å²) in [5.41, 5.74) is 1.68. The predicted molar refractivity (Wildman–Crippen MR) is 127 cm³/mol. The molecular weight excluding hydrogens is 466 g/mol. The van der Waals surface area contributed by atoms with Gasteiger partial charge in [-0.3, -0.25) is 19.5 Å². The highest BCUT2D eigenvalue weighted by Crippen LogP contribution is 2.29. The third-order valence-corrected chi connectivity index (χ3v) is 5.78. The zero-order valence-corrected chi connectivity index (χ0v) is 19.1. The molecule has 3 N–H and O–H groups in total. The molecule has 2 aromatic carbocycles. The number of amides is 2. The number of ether oxygens (including phenoxy) is 1. The van der Waals surface area contributed by atoms with Gasteiger partial charge in [-0.1, -0.05) is 12.1 Å². The molecule has 1 aliphatic heterocycles. The van der Waals surface area contributed by atoms with Crippen LogP contribution < -0.4 is 16.2 Å². The smallest absolute Gasteiger partial charge is 0.411 e. The average Bonchev–Trinajstić information content (AvgIpc) is 3.32. The van der Waals surface area contributed by atoms with Gasteiger partial charge < -0.3 is 15.2 Å². The van der Waals surface area contributed by atoms with E-state index in [1.165, 1.54) is 35.9 Å². The summed E-state index contributed by atoms with van der Waals surface area (Å²) < 4.78 is 6.06. The zero-order chi connectivity index (χ0) is 25.8. The number of carboxylic acids is 1. The van der Waals surface area contributed by atoms with Crippen LogP contribution in [0.3, 0.4) is 0 Å². The number of carbonyl (C=O) groups is 3. The van der Waals surface area contributed by atoms with E-state index in [0.29, 0.717) is 22.5 Å². The van der Waals surface area contributed by atoms with Gasteiger partial charge in [0.2, 0.25) is 5.91 Å². The SMILES string of the molecule is COC(=O)Nc1cc(C#N)ccc1-c1cc(=O)n2c(n1)CC(C(=O)NCc1cccc(C(=O)O)c1)C2. The van der Waals surface area contributed by atoms with E-state index in [4.69, 9.17) is 5.11 Å². The summed E-state index contributed by atoms with van der Waals surface area (Å²) in [6.07, 6.45) is -0.519. The Morgan fingerprint density at radius 3 is 2.75 bits per heavy atom. The summed E-state index contributed by atoms with van der Waals surface area (Å²) in [7, 11) is 1.21. The molecule has 2 heterocycles.